The van der Waals surface area contributed by atoms with E-state index in [1.807, 2.05) is 6.07 Å². The van der Waals surface area contributed by atoms with Crippen LogP contribution < -0.4 is 5.32 Å². The van der Waals surface area contributed by atoms with Crippen LogP contribution in [0.4, 0.5) is 11.6 Å². The van der Waals surface area contributed by atoms with Crippen molar-refractivity contribution in [3.05, 3.63) is 214 Å². The van der Waals surface area contributed by atoms with E-state index >= 15 is 0 Å². The number of aromatic nitrogens is 1. The Morgan fingerprint density at radius 3 is 2.56 bits per heavy atom. The molecule has 4 heteroatoms. The van der Waals surface area contributed by atoms with E-state index in [9.17, 15) is 0 Å². The Morgan fingerprint density at radius 2 is 1.63 bits per heavy atom. The molecule has 7 aliphatic rings. The average Bonchev–Trinajstić information content (AvgIpc) is 3.97. The molecular formula is C59H45N3O. The van der Waals surface area contributed by atoms with Crippen molar-refractivity contribution in [1.29, 1.82) is 0 Å². The van der Waals surface area contributed by atoms with E-state index < -0.39 is 5.41 Å². The molecule has 7 aromatic rings. The molecule has 4 nitrogen and oxygen atoms in total. The molecule has 1 N–H and O–H groups in total. The van der Waals surface area contributed by atoms with Crippen molar-refractivity contribution in [1.82, 2.24) is 4.57 Å². The third kappa shape index (κ3) is 4.74. The Labute approximate surface area is 367 Å². The molecule has 0 radical (unpaired) electrons. The predicted molar refractivity (Wildman–Crippen MR) is 260 cm³/mol. The van der Waals surface area contributed by atoms with Gasteiger partial charge in [0.15, 0.2) is 0 Å². The number of aryl methyl sites for hydroxylation is 1. The summed E-state index contributed by atoms with van der Waals surface area (Å²) in [5.74, 6) is 1.37. The topological polar surface area (TPSA) is 42.5 Å². The number of hydrogen-bond acceptors (Lipinski definition) is 3. The van der Waals surface area contributed by atoms with Gasteiger partial charge in [0.2, 0.25) is 5.88 Å². The number of rotatable bonds is 3. The third-order valence-electron chi connectivity index (χ3n) is 15.5. The summed E-state index contributed by atoms with van der Waals surface area (Å²) in [5, 5.41) is 8.91. The van der Waals surface area contributed by atoms with Gasteiger partial charge in [0.25, 0.3) is 0 Å². The predicted octanol–water partition coefficient (Wildman–Crippen LogP) is 14.6. The first-order valence-corrected chi connectivity index (χ1v) is 22.8. The highest BCUT2D eigenvalue weighted by molar-refractivity contribution is 6.10. The number of anilines is 1. The SMILES string of the molecule is CC1(C2=Nc3c(oc4ccccc34)NC2c2cccc3c2C2C=CCCC2C32C3=C(C=CCC=C3)c3ccccc32)C=C=C(n2c3c(c4cc5ccccc5cc42)CCC=C3)C=C1. The second-order valence-electron chi connectivity index (χ2n) is 18.7. The van der Waals surface area contributed by atoms with Gasteiger partial charge >= 0.3 is 0 Å². The van der Waals surface area contributed by atoms with E-state index in [1.165, 1.54) is 71.9 Å². The number of hydrogen-bond donors (Lipinski definition) is 1. The van der Waals surface area contributed by atoms with Crippen molar-refractivity contribution < 1.29 is 4.42 Å². The maximum absolute atomic E-state index is 6.64. The first-order chi connectivity index (χ1) is 31.1. The molecule has 5 atom stereocenters. The summed E-state index contributed by atoms with van der Waals surface area (Å²) in [7, 11) is 0. The lowest BCUT2D eigenvalue weighted by Crippen LogP contribution is -2.36. The number of fused-ring (bicyclic) bond motifs is 16. The Morgan fingerprint density at radius 1 is 0.794 bits per heavy atom. The lowest BCUT2D eigenvalue weighted by molar-refractivity contribution is 0.349. The fourth-order valence-corrected chi connectivity index (χ4v) is 12.8. The Bertz CT molecular complexity index is 3490. The summed E-state index contributed by atoms with van der Waals surface area (Å²) < 4.78 is 9.07. The summed E-state index contributed by atoms with van der Waals surface area (Å²) in [6.07, 6.45) is 31.3. The van der Waals surface area contributed by atoms with Gasteiger partial charge in [-0.05, 0) is 143 Å². The molecule has 0 saturated carbocycles. The van der Waals surface area contributed by atoms with Gasteiger partial charge in [-0.2, -0.15) is 0 Å². The summed E-state index contributed by atoms with van der Waals surface area (Å²) in [4.78, 5) is 5.72. The summed E-state index contributed by atoms with van der Waals surface area (Å²) in [6.45, 7) is 2.31. The van der Waals surface area contributed by atoms with Crippen LogP contribution in [0.25, 0.3) is 50.0 Å². The number of nitrogens with one attached hydrogen (secondary N) is 1. The summed E-state index contributed by atoms with van der Waals surface area (Å²) in [5.41, 5.74) is 20.6. The number of aliphatic imine (C=N–C) groups is 1. The first kappa shape index (κ1) is 35.5. The Hall–Kier alpha value is -7.13. The number of nitrogens with zero attached hydrogens (tertiary/aromatic N) is 2. The minimum atomic E-state index is -0.561. The van der Waals surface area contributed by atoms with Gasteiger partial charge in [0.1, 0.15) is 11.3 Å². The number of para-hydroxylation sites is 1. The minimum Gasteiger partial charge on any atom is -0.438 e. The van der Waals surface area contributed by atoms with Crippen LogP contribution >= 0.6 is 0 Å². The minimum absolute atomic E-state index is 0.250. The van der Waals surface area contributed by atoms with Crippen LogP contribution in [0.1, 0.15) is 83.6 Å². The largest absolute Gasteiger partial charge is 0.438 e. The van der Waals surface area contributed by atoms with Crippen molar-refractivity contribution >= 4 is 67.3 Å². The van der Waals surface area contributed by atoms with Crippen LogP contribution in [0.3, 0.4) is 0 Å². The lowest BCUT2D eigenvalue weighted by Gasteiger charge is -2.39. The fraction of sp³-hybridized carbons (Fsp3) is 0.186. The van der Waals surface area contributed by atoms with E-state index in [-0.39, 0.29) is 17.4 Å². The van der Waals surface area contributed by atoms with Crippen molar-refractivity contribution in [2.45, 2.75) is 56.4 Å². The fourth-order valence-electron chi connectivity index (χ4n) is 12.8. The van der Waals surface area contributed by atoms with Gasteiger partial charge < -0.3 is 14.3 Å². The first-order valence-electron chi connectivity index (χ1n) is 22.8. The standard InChI is InChI=1S/C59H45N3O/c1-58(32-30-38(31-33-58)62-50-28-13-9-20-41(50)45-34-36-16-5-6-17-37(36)35-51(45)62)56-54(61-57-55(60-56)43-22-10-14-29-52(43)63-57)44-23-15-27-49-53(44)42-21-8-12-26-48(42)59(49)46-24-4-2-3-18-39(46)40-19-7-11-25-47(40)59/h3-8,10-11,13-19,21-25,27-30,32-35,42,48,54,61H,2,9,12,20,26H2,1H3. The van der Waals surface area contributed by atoms with Crippen molar-refractivity contribution in [3.8, 4) is 0 Å². The molecule has 2 aromatic heterocycles. The maximum atomic E-state index is 6.64. The van der Waals surface area contributed by atoms with Gasteiger partial charge in [0, 0.05) is 16.7 Å². The Balaban J connectivity index is 0.978. The zero-order valence-corrected chi connectivity index (χ0v) is 35.2. The second-order valence-corrected chi connectivity index (χ2v) is 18.7. The smallest absolute Gasteiger partial charge is 0.220 e. The highest BCUT2D eigenvalue weighted by atomic mass is 16.4. The molecule has 1 aliphatic heterocycles. The van der Waals surface area contributed by atoms with Crippen LogP contribution in [0.15, 0.2) is 185 Å². The number of furan rings is 1. The van der Waals surface area contributed by atoms with Gasteiger partial charge in [-0.1, -0.05) is 133 Å². The van der Waals surface area contributed by atoms with Crippen LogP contribution in [-0.2, 0) is 11.8 Å². The molecule has 1 spiro atoms. The third-order valence-corrected chi connectivity index (χ3v) is 15.5. The molecule has 302 valence electrons. The molecule has 0 fully saturated rings. The van der Waals surface area contributed by atoms with E-state index in [4.69, 9.17) is 9.41 Å². The summed E-state index contributed by atoms with van der Waals surface area (Å²) >= 11 is 0. The molecule has 3 heterocycles. The maximum Gasteiger partial charge on any atom is 0.220 e. The monoisotopic (exact) mass is 811 g/mol. The zero-order chi connectivity index (χ0) is 41.4. The highest BCUT2D eigenvalue weighted by Crippen LogP contribution is 2.67. The van der Waals surface area contributed by atoms with Crippen LogP contribution in [0, 0.1) is 11.3 Å². The Kier molecular flexibility index (Phi) is 7.29. The number of benzene rings is 5. The molecular weight excluding hydrogens is 767 g/mol. The van der Waals surface area contributed by atoms with Crippen molar-refractivity contribution in [3.63, 3.8) is 0 Å². The van der Waals surface area contributed by atoms with E-state index in [0.29, 0.717) is 5.92 Å². The molecule has 0 bridgehead atoms. The van der Waals surface area contributed by atoms with Gasteiger partial charge in [-0.25, -0.2) is 4.99 Å². The molecule has 6 aliphatic carbocycles. The second kappa shape index (κ2) is 13.0. The van der Waals surface area contributed by atoms with E-state index in [0.717, 1.165) is 66.1 Å². The van der Waals surface area contributed by atoms with Gasteiger partial charge in [-0.3, -0.25) is 0 Å². The average molecular weight is 812 g/mol. The zero-order valence-electron chi connectivity index (χ0n) is 35.2. The number of allylic oxidation sites excluding steroid dienone is 12. The lowest BCUT2D eigenvalue weighted by atomic mass is 9.63. The molecule has 63 heavy (non-hydrogen) atoms. The summed E-state index contributed by atoms with van der Waals surface area (Å²) in [6, 6.07) is 37.9. The molecule has 5 aromatic carbocycles. The van der Waals surface area contributed by atoms with Crippen LogP contribution in [-0.4, -0.2) is 10.3 Å². The van der Waals surface area contributed by atoms with E-state index in [2.05, 4.69) is 186 Å². The van der Waals surface area contributed by atoms with Gasteiger partial charge in [-0.15, -0.1) is 0 Å². The molecule has 5 unspecified atom stereocenters. The highest BCUT2D eigenvalue weighted by Gasteiger charge is 2.59. The molecule has 0 saturated heterocycles. The van der Waals surface area contributed by atoms with Gasteiger partial charge in [0.05, 0.1) is 39.5 Å². The molecule has 14 rings (SSSR count). The molecule has 0 amide bonds. The van der Waals surface area contributed by atoms with E-state index in [1.54, 1.807) is 0 Å². The van der Waals surface area contributed by atoms with Crippen LogP contribution in [0.2, 0.25) is 0 Å². The van der Waals surface area contributed by atoms with Crippen molar-refractivity contribution in [2.75, 3.05) is 5.32 Å². The van der Waals surface area contributed by atoms with Crippen molar-refractivity contribution in [2.24, 2.45) is 16.3 Å². The normalized spacial score (nSPS) is 25.8. The quantitative estimate of drug-likeness (QED) is 0.143. The van der Waals surface area contributed by atoms with Crippen LogP contribution in [0.5, 0.6) is 0 Å².